The smallest absolute Gasteiger partial charge is 0.243 e. The third kappa shape index (κ3) is 7.74. The van der Waals surface area contributed by atoms with Gasteiger partial charge in [-0.25, -0.2) is 4.99 Å². The molecule has 0 aliphatic carbocycles. The topological polar surface area (TPSA) is 83.3 Å². The van der Waals surface area contributed by atoms with Crippen LogP contribution >= 0.6 is 24.0 Å². The molecule has 3 rings (SSSR count). The van der Waals surface area contributed by atoms with Gasteiger partial charge in [-0.05, 0) is 42.3 Å². The molecule has 0 saturated carbocycles. The zero-order chi connectivity index (χ0) is 21.9. The summed E-state index contributed by atoms with van der Waals surface area (Å²) in [6.07, 6.45) is 9.11. The largest absolute Gasteiger partial charge is 0.357 e. The van der Waals surface area contributed by atoms with Crippen molar-refractivity contribution >= 4 is 41.5 Å². The van der Waals surface area contributed by atoms with Crippen LogP contribution in [-0.2, 0) is 17.9 Å². The van der Waals surface area contributed by atoms with E-state index in [1.807, 2.05) is 48.1 Å². The van der Waals surface area contributed by atoms with Gasteiger partial charge in [-0.2, -0.15) is 5.10 Å². The van der Waals surface area contributed by atoms with Crippen LogP contribution in [0.5, 0.6) is 0 Å². The minimum Gasteiger partial charge on any atom is -0.357 e. The van der Waals surface area contributed by atoms with Gasteiger partial charge in [0, 0.05) is 30.2 Å². The van der Waals surface area contributed by atoms with Gasteiger partial charge in [-0.1, -0.05) is 36.3 Å². The second-order valence-electron chi connectivity index (χ2n) is 6.79. The van der Waals surface area contributed by atoms with Crippen LogP contribution in [-0.4, -0.2) is 34.7 Å². The van der Waals surface area contributed by atoms with Gasteiger partial charge in [0.2, 0.25) is 5.91 Å². The Kier molecular flexibility index (Phi) is 10.3. The molecule has 0 aliphatic rings. The molecular formula is C24H27IN6O. The number of amides is 1. The zero-order valence-corrected chi connectivity index (χ0v) is 20.2. The molecule has 0 spiro atoms. The number of hydrogen-bond acceptors (Lipinski definition) is 3. The van der Waals surface area contributed by atoms with E-state index in [2.05, 4.69) is 44.1 Å². The van der Waals surface area contributed by atoms with Gasteiger partial charge in [-0.15, -0.1) is 30.4 Å². The maximum Gasteiger partial charge on any atom is 0.243 e. The number of hydrogen-bond donors (Lipinski definition) is 3. The quantitative estimate of drug-likeness (QED) is 0.177. The van der Waals surface area contributed by atoms with E-state index in [0.717, 1.165) is 16.7 Å². The minimum atomic E-state index is -0.182. The van der Waals surface area contributed by atoms with Crippen molar-refractivity contribution in [3.8, 4) is 12.3 Å². The van der Waals surface area contributed by atoms with Gasteiger partial charge < -0.3 is 16.0 Å². The highest BCUT2D eigenvalue weighted by atomic mass is 127. The number of aliphatic imine (C=N–C) groups is 1. The summed E-state index contributed by atoms with van der Waals surface area (Å²) < 4.78 is 1.88. The Labute approximate surface area is 205 Å². The summed E-state index contributed by atoms with van der Waals surface area (Å²) in [6, 6.07) is 17.2. The van der Waals surface area contributed by atoms with Crippen LogP contribution in [0.1, 0.15) is 23.6 Å². The number of aromatic nitrogens is 2. The Morgan fingerprint density at radius 2 is 1.94 bits per heavy atom. The van der Waals surface area contributed by atoms with E-state index in [9.17, 15) is 4.79 Å². The fourth-order valence-electron chi connectivity index (χ4n) is 3.00. The SMILES string of the molecule is C#Cc1cccc(NC(=O)CNC(=NCc2ccccc2Cn2cccn2)NCC)c1.I. The zero-order valence-electron chi connectivity index (χ0n) is 17.9. The summed E-state index contributed by atoms with van der Waals surface area (Å²) in [7, 11) is 0. The van der Waals surface area contributed by atoms with Crippen molar-refractivity contribution in [3.05, 3.63) is 83.7 Å². The van der Waals surface area contributed by atoms with Crippen molar-refractivity contribution < 1.29 is 4.79 Å². The standard InChI is InChI=1S/C24H26N6O.HI/c1-3-19-9-7-12-22(15-19)29-23(31)17-27-24(25-4-2)26-16-20-10-5-6-11-21(20)18-30-14-8-13-28-30;/h1,5-15H,4,16-18H2,2H3,(H,29,31)(H2,25,26,27);1H. The number of nitrogens with one attached hydrogen (secondary N) is 3. The van der Waals surface area contributed by atoms with Crippen LogP contribution in [0.15, 0.2) is 72.0 Å². The van der Waals surface area contributed by atoms with Crippen LogP contribution in [0.3, 0.4) is 0 Å². The van der Waals surface area contributed by atoms with Gasteiger partial charge in [0.25, 0.3) is 0 Å². The molecular weight excluding hydrogens is 515 g/mol. The third-order valence-corrected chi connectivity index (χ3v) is 4.49. The van der Waals surface area contributed by atoms with Crippen LogP contribution in [0.25, 0.3) is 0 Å². The van der Waals surface area contributed by atoms with Gasteiger partial charge in [0.05, 0.1) is 19.6 Å². The lowest BCUT2D eigenvalue weighted by Gasteiger charge is -2.13. The van der Waals surface area contributed by atoms with Crippen molar-refractivity contribution in [2.24, 2.45) is 4.99 Å². The normalized spacial score (nSPS) is 10.6. The Bertz CT molecular complexity index is 1070. The number of benzene rings is 2. The summed E-state index contributed by atoms with van der Waals surface area (Å²) in [5, 5.41) is 13.3. The summed E-state index contributed by atoms with van der Waals surface area (Å²) in [5.41, 5.74) is 3.63. The highest BCUT2D eigenvalue weighted by Crippen LogP contribution is 2.12. The molecule has 166 valence electrons. The second-order valence-corrected chi connectivity index (χ2v) is 6.79. The Morgan fingerprint density at radius 1 is 1.12 bits per heavy atom. The summed E-state index contributed by atoms with van der Waals surface area (Å²) >= 11 is 0. The van der Waals surface area contributed by atoms with Crippen molar-refractivity contribution in [3.63, 3.8) is 0 Å². The van der Waals surface area contributed by atoms with Crippen LogP contribution in [0, 0.1) is 12.3 Å². The number of terminal acetylenes is 1. The molecule has 3 N–H and O–H groups in total. The molecule has 32 heavy (non-hydrogen) atoms. The number of carbonyl (C=O) groups is 1. The van der Waals surface area contributed by atoms with E-state index < -0.39 is 0 Å². The predicted octanol–water partition coefficient (Wildman–Crippen LogP) is 3.22. The van der Waals surface area contributed by atoms with E-state index in [4.69, 9.17) is 6.42 Å². The molecule has 8 heteroatoms. The van der Waals surface area contributed by atoms with E-state index in [1.54, 1.807) is 18.3 Å². The summed E-state index contributed by atoms with van der Waals surface area (Å²) in [4.78, 5) is 16.9. The van der Waals surface area contributed by atoms with Crippen molar-refractivity contribution in [1.29, 1.82) is 0 Å². The monoisotopic (exact) mass is 542 g/mol. The lowest BCUT2D eigenvalue weighted by molar-refractivity contribution is -0.115. The molecule has 0 fully saturated rings. The summed E-state index contributed by atoms with van der Waals surface area (Å²) in [6.45, 7) is 3.92. The number of rotatable bonds is 8. The van der Waals surface area contributed by atoms with Gasteiger partial charge in [0.1, 0.15) is 0 Å². The molecule has 0 bridgehead atoms. The van der Waals surface area contributed by atoms with Crippen LogP contribution in [0.4, 0.5) is 5.69 Å². The molecule has 0 saturated heterocycles. The first-order valence-corrected chi connectivity index (χ1v) is 10.1. The van der Waals surface area contributed by atoms with Crippen LogP contribution in [0.2, 0.25) is 0 Å². The molecule has 0 radical (unpaired) electrons. The third-order valence-electron chi connectivity index (χ3n) is 4.49. The number of anilines is 1. The van der Waals surface area contributed by atoms with Crippen molar-refractivity contribution in [2.75, 3.05) is 18.4 Å². The van der Waals surface area contributed by atoms with E-state index in [-0.39, 0.29) is 36.4 Å². The molecule has 0 atom stereocenters. The molecule has 2 aromatic carbocycles. The van der Waals surface area contributed by atoms with E-state index in [1.165, 1.54) is 0 Å². The summed E-state index contributed by atoms with van der Waals surface area (Å²) in [5.74, 6) is 2.95. The van der Waals surface area contributed by atoms with Crippen molar-refractivity contribution in [1.82, 2.24) is 20.4 Å². The lowest BCUT2D eigenvalue weighted by Crippen LogP contribution is -2.41. The van der Waals surface area contributed by atoms with E-state index >= 15 is 0 Å². The average molecular weight is 542 g/mol. The first-order chi connectivity index (χ1) is 15.2. The first kappa shape index (κ1) is 24.9. The van der Waals surface area contributed by atoms with Crippen molar-refractivity contribution in [2.45, 2.75) is 20.0 Å². The molecule has 1 aromatic heterocycles. The fourth-order valence-corrected chi connectivity index (χ4v) is 3.00. The Balaban J connectivity index is 0.00000363. The maximum atomic E-state index is 12.3. The van der Waals surface area contributed by atoms with Gasteiger partial charge >= 0.3 is 0 Å². The second kappa shape index (κ2) is 13.2. The van der Waals surface area contributed by atoms with Gasteiger partial charge in [-0.3, -0.25) is 9.48 Å². The number of guanidine groups is 1. The molecule has 3 aromatic rings. The van der Waals surface area contributed by atoms with Crippen LogP contribution < -0.4 is 16.0 Å². The predicted molar refractivity (Wildman–Crippen MR) is 139 cm³/mol. The highest BCUT2D eigenvalue weighted by Gasteiger charge is 2.06. The van der Waals surface area contributed by atoms with E-state index in [0.29, 0.717) is 31.3 Å². The number of halogens is 1. The van der Waals surface area contributed by atoms with Gasteiger partial charge in [0.15, 0.2) is 5.96 Å². The number of carbonyl (C=O) groups excluding carboxylic acids is 1. The Hall–Kier alpha value is -3.32. The molecule has 1 amide bonds. The first-order valence-electron chi connectivity index (χ1n) is 10.1. The average Bonchev–Trinajstić information content (AvgIpc) is 3.30. The highest BCUT2D eigenvalue weighted by molar-refractivity contribution is 14.0. The molecule has 1 heterocycles. The molecule has 0 aliphatic heterocycles. The molecule has 7 nitrogen and oxygen atoms in total. The lowest BCUT2D eigenvalue weighted by atomic mass is 10.1. The fraction of sp³-hybridized carbons (Fsp3) is 0.208. The minimum absolute atomic E-state index is 0. The Morgan fingerprint density at radius 3 is 2.66 bits per heavy atom. The maximum absolute atomic E-state index is 12.3. The molecule has 0 unspecified atom stereocenters. The number of nitrogens with zero attached hydrogens (tertiary/aromatic N) is 3.